The Labute approximate surface area is 210 Å². The number of carbonyl (C=O) groups is 2. The minimum Gasteiger partial charge on any atom is -0.489 e. The molecule has 0 saturated carbocycles. The highest BCUT2D eigenvalue weighted by Crippen LogP contribution is 2.28. The highest BCUT2D eigenvalue weighted by atomic mass is 16.5. The number of amides is 1. The molecule has 0 bridgehead atoms. The molecule has 6 heteroatoms. The van der Waals surface area contributed by atoms with Crippen LogP contribution in [0.25, 0.3) is 0 Å². The van der Waals surface area contributed by atoms with Crippen molar-refractivity contribution in [3.8, 4) is 11.5 Å². The number of rotatable bonds is 9. The van der Waals surface area contributed by atoms with E-state index in [1.165, 1.54) is 7.11 Å². The minimum absolute atomic E-state index is 0.272. The van der Waals surface area contributed by atoms with Crippen molar-refractivity contribution in [2.24, 2.45) is 0 Å². The molecular weight excluding hydrogens is 454 g/mol. The molecule has 182 valence electrons. The number of carbonyl (C=O) groups excluding carboxylic acids is 2. The summed E-state index contributed by atoms with van der Waals surface area (Å²) in [4.78, 5) is 25.7. The summed E-state index contributed by atoms with van der Waals surface area (Å²) in [5.41, 5.74) is 3.20. The lowest BCUT2D eigenvalue weighted by molar-refractivity contribution is -0.123. The quantitative estimate of drug-likeness (QED) is 0.292. The Morgan fingerprint density at radius 1 is 0.806 bits per heavy atom. The van der Waals surface area contributed by atoms with Crippen LogP contribution in [0.1, 0.15) is 33.2 Å². The van der Waals surface area contributed by atoms with E-state index in [2.05, 4.69) is 5.32 Å². The largest absolute Gasteiger partial charge is 0.489 e. The van der Waals surface area contributed by atoms with Crippen molar-refractivity contribution in [3.05, 3.63) is 125 Å². The van der Waals surface area contributed by atoms with Gasteiger partial charge in [0, 0.05) is 11.6 Å². The fourth-order valence-electron chi connectivity index (χ4n) is 3.66. The molecular formula is C30H27NO5. The maximum atomic E-state index is 13.4. The lowest BCUT2D eigenvalue weighted by atomic mass is 10.1. The molecule has 1 unspecified atom stereocenters. The molecule has 0 aliphatic carbocycles. The van der Waals surface area contributed by atoms with Gasteiger partial charge in [-0.3, -0.25) is 4.79 Å². The van der Waals surface area contributed by atoms with Crippen LogP contribution in [-0.4, -0.2) is 19.0 Å². The Kier molecular flexibility index (Phi) is 7.98. The summed E-state index contributed by atoms with van der Waals surface area (Å²) < 4.78 is 17.0. The van der Waals surface area contributed by atoms with E-state index in [4.69, 9.17) is 14.2 Å². The normalized spacial score (nSPS) is 11.3. The number of methoxy groups -OCH3 is 1. The number of aryl methyl sites for hydroxylation is 1. The van der Waals surface area contributed by atoms with Crippen LogP contribution in [0.3, 0.4) is 0 Å². The van der Waals surface area contributed by atoms with Crippen LogP contribution in [0.15, 0.2) is 103 Å². The maximum absolute atomic E-state index is 13.4. The molecule has 36 heavy (non-hydrogen) atoms. The van der Waals surface area contributed by atoms with Crippen LogP contribution in [0.4, 0.5) is 5.69 Å². The highest BCUT2D eigenvalue weighted by Gasteiger charge is 2.25. The molecule has 0 radical (unpaired) electrons. The average molecular weight is 482 g/mol. The zero-order chi connectivity index (χ0) is 25.3. The first-order chi connectivity index (χ1) is 17.5. The van der Waals surface area contributed by atoms with Crippen LogP contribution >= 0.6 is 0 Å². The van der Waals surface area contributed by atoms with Gasteiger partial charge in [-0.1, -0.05) is 78.4 Å². The molecule has 6 nitrogen and oxygen atoms in total. The molecule has 4 aromatic rings. The van der Waals surface area contributed by atoms with E-state index >= 15 is 0 Å². The fourth-order valence-corrected chi connectivity index (χ4v) is 3.66. The molecule has 0 aliphatic rings. The van der Waals surface area contributed by atoms with Gasteiger partial charge in [-0.15, -0.1) is 0 Å². The van der Waals surface area contributed by atoms with Gasteiger partial charge >= 0.3 is 5.97 Å². The molecule has 0 aliphatic heterocycles. The van der Waals surface area contributed by atoms with Crippen molar-refractivity contribution in [1.29, 1.82) is 0 Å². The van der Waals surface area contributed by atoms with Crippen LogP contribution in [0.2, 0.25) is 0 Å². The van der Waals surface area contributed by atoms with Gasteiger partial charge in [0.1, 0.15) is 18.1 Å². The third kappa shape index (κ3) is 6.30. The van der Waals surface area contributed by atoms with E-state index in [-0.39, 0.29) is 5.56 Å². The first kappa shape index (κ1) is 24.5. The van der Waals surface area contributed by atoms with E-state index in [0.717, 1.165) is 11.1 Å². The third-order valence-electron chi connectivity index (χ3n) is 5.49. The predicted octanol–water partition coefficient (Wildman–Crippen LogP) is 6.12. The first-order valence-corrected chi connectivity index (χ1v) is 11.5. The van der Waals surface area contributed by atoms with Gasteiger partial charge in [-0.25, -0.2) is 4.79 Å². The summed E-state index contributed by atoms with van der Waals surface area (Å²) in [6.45, 7) is 2.28. The van der Waals surface area contributed by atoms with Crippen LogP contribution < -0.4 is 14.8 Å². The Morgan fingerprint density at radius 2 is 1.50 bits per heavy atom. The zero-order valence-corrected chi connectivity index (χ0v) is 20.1. The van der Waals surface area contributed by atoms with Gasteiger partial charge in [-0.2, -0.15) is 0 Å². The molecule has 0 heterocycles. The van der Waals surface area contributed by atoms with E-state index in [0.29, 0.717) is 29.4 Å². The van der Waals surface area contributed by atoms with Gasteiger partial charge in [0.2, 0.25) is 6.10 Å². The second kappa shape index (κ2) is 11.7. The molecule has 1 atom stereocenters. The summed E-state index contributed by atoms with van der Waals surface area (Å²) >= 11 is 0. The Balaban J connectivity index is 1.56. The minimum atomic E-state index is -0.970. The summed E-state index contributed by atoms with van der Waals surface area (Å²) in [5.74, 6) is 0.136. The number of hydrogen-bond acceptors (Lipinski definition) is 5. The molecule has 0 saturated heterocycles. The van der Waals surface area contributed by atoms with Gasteiger partial charge in [0.15, 0.2) is 0 Å². The standard InChI is InChI=1S/C30H27NO5/c1-21-16-17-27(26(18-21)30(33)34-2)31-29(32)28(23-12-7-4-8-13-23)36-25-15-9-14-24(19-25)35-20-22-10-5-3-6-11-22/h3-19,28H,20H2,1-2H3,(H,31,32). The van der Waals surface area contributed by atoms with Crippen LogP contribution in [0, 0.1) is 6.92 Å². The number of anilines is 1. The molecule has 0 spiro atoms. The van der Waals surface area contributed by atoms with Crippen LogP contribution in [-0.2, 0) is 16.1 Å². The van der Waals surface area contributed by atoms with Gasteiger partial charge < -0.3 is 19.5 Å². The Bertz CT molecular complexity index is 1320. The number of esters is 1. The monoisotopic (exact) mass is 481 g/mol. The summed E-state index contributed by atoms with van der Waals surface area (Å²) in [6.07, 6.45) is -0.970. The molecule has 0 aromatic heterocycles. The number of ether oxygens (including phenoxy) is 3. The predicted molar refractivity (Wildman–Crippen MR) is 138 cm³/mol. The third-order valence-corrected chi connectivity index (χ3v) is 5.49. The number of nitrogens with one attached hydrogen (secondary N) is 1. The molecule has 1 N–H and O–H groups in total. The lowest BCUT2D eigenvalue weighted by Gasteiger charge is -2.20. The summed E-state index contributed by atoms with van der Waals surface area (Å²) in [6, 6.07) is 31.4. The van der Waals surface area contributed by atoms with Gasteiger partial charge in [-0.05, 0) is 36.8 Å². The van der Waals surface area contributed by atoms with Crippen LogP contribution in [0.5, 0.6) is 11.5 Å². The second-order valence-electron chi connectivity index (χ2n) is 8.19. The zero-order valence-electron chi connectivity index (χ0n) is 20.1. The summed E-state index contributed by atoms with van der Waals surface area (Å²) in [5, 5.41) is 2.84. The molecule has 4 aromatic carbocycles. The van der Waals surface area contributed by atoms with Crippen molar-refractivity contribution in [2.45, 2.75) is 19.6 Å². The van der Waals surface area contributed by atoms with Gasteiger partial charge in [0.05, 0.1) is 18.4 Å². The van der Waals surface area contributed by atoms with Crippen molar-refractivity contribution in [1.82, 2.24) is 0 Å². The first-order valence-electron chi connectivity index (χ1n) is 11.5. The molecule has 4 rings (SSSR count). The smallest absolute Gasteiger partial charge is 0.339 e. The van der Waals surface area contributed by atoms with E-state index < -0.39 is 18.0 Å². The summed E-state index contributed by atoms with van der Waals surface area (Å²) in [7, 11) is 1.30. The lowest BCUT2D eigenvalue weighted by Crippen LogP contribution is -2.26. The van der Waals surface area contributed by atoms with E-state index in [9.17, 15) is 9.59 Å². The number of benzene rings is 4. The van der Waals surface area contributed by atoms with Crippen molar-refractivity contribution in [2.75, 3.05) is 12.4 Å². The fraction of sp³-hybridized carbons (Fsp3) is 0.133. The van der Waals surface area contributed by atoms with E-state index in [1.54, 1.807) is 24.3 Å². The number of hydrogen-bond donors (Lipinski definition) is 1. The Hall–Kier alpha value is -4.58. The maximum Gasteiger partial charge on any atom is 0.339 e. The van der Waals surface area contributed by atoms with Crippen molar-refractivity contribution in [3.63, 3.8) is 0 Å². The molecule has 0 fully saturated rings. The van der Waals surface area contributed by atoms with Gasteiger partial charge in [0.25, 0.3) is 5.91 Å². The molecule has 1 amide bonds. The highest BCUT2D eigenvalue weighted by molar-refractivity contribution is 6.03. The van der Waals surface area contributed by atoms with Crippen molar-refractivity contribution >= 4 is 17.6 Å². The Morgan fingerprint density at radius 3 is 2.22 bits per heavy atom. The van der Waals surface area contributed by atoms with Crippen molar-refractivity contribution < 1.29 is 23.8 Å². The topological polar surface area (TPSA) is 73.9 Å². The average Bonchev–Trinajstić information content (AvgIpc) is 2.92. The van der Waals surface area contributed by atoms with E-state index in [1.807, 2.05) is 85.8 Å². The second-order valence-corrected chi connectivity index (χ2v) is 8.19. The SMILES string of the molecule is COC(=O)c1cc(C)ccc1NC(=O)C(Oc1cccc(OCc2ccccc2)c1)c1ccccc1.